The van der Waals surface area contributed by atoms with Crippen LogP contribution in [-0.2, 0) is 18.4 Å². The maximum atomic E-state index is 10.7. The summed E-state index contributed by atoms with van der Waals surface area (Å²) in [6, 6.07) is 0. The summed E-state index contributed by atoms with van der Waals surface area (Å²) in [5, 5.41) is 13.0. The van der Waals surface area contributed by atoms with Gasteiger partial charge in [0.2, 0.25) is 0 Å². The largest absolute Gasteiger partial charge is 0.480 e. The van der Waals surface area contributed by atoms with E-state index in [0.717, 1.165) is 24.2 Å². The molecule has 0 atom stereocenters. The molecule has 0 aromatic carbocycles. The molecule has 0 aliphatic rings. The van der Waals surface area contributed by atoms with Crippen molar-refractivity contribution < 1.29 is 9.90 Å². The first-order valence-corrected chi connectivity index (χ1v) is 5.46. The van der Waals surface area contributed by atoms with Gasteiger partial charge in [-0.2, -0.15) is 5.10 Å². The van der Waals surface area contributed by atoms with Gasteiger partial charge in [-0.25, -0.2) is 0 Å². The molecule has 5 nitrogen and oxygen atoms in total. The molecule has 0 spiro atoms. The van der Waals surface area contributed by atoms with Crippen LogP contribution in [0.2, 0.25) is 0 Å². The normalized spacial score (nSPS) is 11.0. The number of aryl methyl sites for hydroxylation is 2. The third kappa shape index (κ3) is 3.66. The number of hydrogen-bond donors (Lipinski definition) is 1. The molecule has 0 saturated carbocycles. The van der Waals surface area contributed by atoms with Gasteiger partial charge in [-0.1, -0.05) is 6.92 Å². The summed E-state index contributed by atoms with van der Waals surface area (Å²) in [6.07, 6.45) is 2.90. The Labute approximate surface area is 95.7 Å². The van der Waals surface area contributed by atoms with Gasteiger partial charge in [-0.3, -0.25) is 14.4 Å². The number of carbonyl (C=O) groups is 1. The van der Waals surface area contributed by atoms with Crippen molar-refractivity contribution in [2.75, 3.05) is 13.1 Å². The summed E-state index contributed by atoms with van der Waals surface area (Å²) < 4.78 is 1.76. The number of rotatable bonds is 6. The van der Waals surface area contributed by atoms with Crippen LogP contribution in [-0.4, -0.2) is 38.8 Å². The van der Waals surface area contributed by atoms with Crippen molar-refractivity contribution in [3.63, 3.8) is 0 Å². The molecule has 1 heterocycles. The lowest BCUT2D eigenvalue weighted by molar-refractivity contribution is -0.138. The smallest absolute Gasteiger partial charge is 0.317 e. The van der Waals surface area contributed by atoms with E-state index in [9.17, 15) is 4.79 Å². The molecule has 1 N–H and O–H groups in total. The highest BCUT2D eigenvalue weighted by molar-refractivity contribution is 5.69. The van der Waals surface area contributed by atoms with Gasteiger partial charge in [0, 0.05) is 25.4 Å². The quantitative estimate of drug-likeness (QED) is 0.785. The van der Waals surface area contributed by atoms with E-state index in [0.29, 0.717) is 6.54 Å². The summed E-state index contributed by atoms with van der Waals surface area (Å²) in [5.41, 5.74) is 2.06. The molecule has 1 rings (SSSR count). The predicted octanol–water partition coefficient (Wildman–Crippen LogP) is 1.03. The van der Waals surface area contributed by atoms with Crippen molar-refractivity contribution in [1.82, 2.24) is 14.7 Å². The Kier molecular flexibility index (Phi) is 4.49. The summed E-state index contributed by atoms with van der Waals surface area (Å²) in [7, 11) is 1.87. The molecular formula is C11H19N3O2. The minimum absolute atomic E-state index is 0.0855. The number of aromatic nitrogens is 2. The molecule has 0 unspecified atom stereocenters. The van der Waals surface area contributed by atoms with Gasteiger partial charge in [-0.15, -0.1) is 0 Å². The lowest BCUT2D eigenvalue weighted by atomic mass is 10.2. The maximum Gasteiger partial charge on any atom is 0.317 e. The van der Waals surface area contributed by atoms with Crippen LogP contribution in [0.1, 0.15) is 24.6 Å². The fourth-order valence-electron chi connectivity index (χ4n) is 1.77. The molecular weight excluding hydrogens is 206 g/mol. The molecule has 0 aliphatic heterocycles. The monoisotopic (exact) mass is 225 g/mol. The van der Waals surface area contributed by atoms with Crippen LogP contribution in [0.4, 0.5) is 0 Å². The highest BCUT2D eigenvalue weighted by Gasteiger charge is 2.12. The maximum absolute atomic E-state index is 10.7. The number of aliphatic carboxylic acids is 1. The van der Waals surface area contributed by atoms with Crippen LogP contribution in [0, 0.1) is 6.92 Å². The van der Waals surface area contributed by atoms with Gasteiger partial charge in [0.1, 0.15) is 0 Å². The molecule has 0 radical (unpaired) electrons. The van der Waals surface area contributed by atoms with Crippen molar-refractivity contribution in [3.05, 3.63) is 17.5 Å². The molecule has 90 valence electrons. The first kappa shape index (κ1) is 12.7. The van der Waals surface area contributed by atoms with Crippen LogP contribution in [0.15, 0.2) is 6.20 Å². The summed E-state index contributed by atoms with van der Waals surface area (Å²) in [4.78, 5) is 12.6. The zero-order valence-corrected chi connectivity index (χ0v) is 10.1. The minimum Gasteiger partial charge on any atom is -0.480 e. The first-order chi connectivity index (χ1) is 7.52. The Morgan fingerprint density at radius 1 is 1.62 bits per heavy atom. The highest BCUT2D eigenvalue weighted by atomic mass is 16.4. The molecule has 0 amide bonds. The van der Waals surface area contributed by atoms with Crippen molar-refractivity contribution in [2.45, 2.75) is 26.8 Å². The van der Waals surface area contributed by atoms with E-state index in [-0.39, 0.29) is 6.54 Å². The van der Waals surface area contributed by atoms with Crippen molar-refractivity contribution >= 4 is 5.97 Å². The summed E-state index contributed by atoms with van der Waals surface area (Å²) >= 11 is 0. The van der Waals surface area contributed by atoms with E-state index >= 15 is 0 Å². The van der Waals surface area contributed by atoms with Gasteiger partial charge in [0.15, 0.2) is 0 Å². The van der Waals surface area contributed by atoms with E-state index in [1.54, 1.807) is 4.68 Å². The highest BCUT2D eigenvalue weighted by Crippen LogP contribution is 2.09. The van der Waals surface area contributed by atoms with Crippen LogP contribution in [0.5, 0.6) is 0 Å². The summed E-state index contributed by atoms with van der Waals surface area (Å²) in [5.74, 6) is -0.782. The molecule has 1 aromatic rings. The van der Waals surface area contributed by atoms with Crippen LogP contribution in [0.3, 0.4) is 0 Å². The predicted molar refractivity (Wildman–Crippen MR) is 61.1 cm³/mol. The van der Waals surface area contributed by atoms with Crippen molar-refractivity contribution in [3.8, 4) is 0 Å². The third-order valence-corrected chi connectivity index (χ3v) is 2.41. The molecule has 0 fully saturated rings. The standard InChI is InChI=1S/C11H19N3O2/c1-4-5-14(8-11(15)16)7-10-6-13(3)12-9(10)2/h6H,4-5,7-8H2,1-3H3,(H,15,16). The van der Waals surface area contributed by atoms with Gasteiger partial charge >= 0.3 is 5.97 Å². The first-order valence-electron chi connectivity index (χ1n) is 5.46. The van der Waals surface area contributed by atoms with Crippen LogP contribution >= 0.6 is 0 Å². The SMILES string of the molecule is CCCN(CC(=O)O)Cc1cn(C)nc1C. The van der Waals surface area contributed by atoms with E-state index in [4.69, 9.17) is 5.11 Å². The molecule has 0 aliphatic carbocycles. The van der Waals surface area contributed by atoms with Gasteiger partial charge in [-0.05, 0) is 19.9 Å². The van der Waals surface area contributed by atoms with E-state index in [2.05, 4.69) is 5.10 Å². The van der Waals surface area contributed by atoms with E-state index in [1.165, 1.54) is 0 Å². The lowest BCUT2D eigenvalue weighted by Crippen LogP contribution is -2.30. The number of carboxylic acid groups (broad SMARTS) is 1. The van der Waals surface area contributed by atoms with E-state index in [1.807, 2.05) is 32.0 Å². The molecule has 0 saturated heterocycles. The molecule has 0 bridgehead atoms. The van der Waals surface area contributed by atoms with Gasteiger partial charge in [0.25, 0.3) is 0 Å². The Bertz CT molecular complexity index is 360. The fraction of sp³-hybridized carbons (Fsp3) is 0.636. The molecule has 16 heavy (non-hydrogen) atoms. The van der Waals surface area contributed by atoms with Crippen LogP contribution in [0.25, 0.3) is 0 Å². The Hall–Kier alpha value is -1.36. The zero-order valence-electron chi connectivity index (χ0n) is 10.1. The Morgan fingerprint density at radius 2 is 2.31 bits per heavy atom. The van der Waals surface area contributed by atoms with Gasteiger partial charge < -0.3 is 5.11 Å². The van der Waals surface area contributed by atoms with Crippen molar-refractivity contribution in [1.29, 1.82) is 0 Å². The van der Waals surface area contributed by atoms with Crippen LogP contribution < -0.4 is 0 Å². The second kappa shape index (κ2) is 5.65. The second-order valence-corrected chi connectivity index (χ2v) is 4.02. The number of carboxylic acids is 1. The fourth-order valence-corrected chi connectivity index (χ4v) is 1.77. The number of nitrogens with zero attached hydrogens (tertiary/aromatic N) is 3. The van der Waals surface area contributed by atoms with Gasteiger partial charge in [0.05, 0.1) is 12.2 Å². The van der Waals surface area contributed by atoms with Crippen molar-refractivity contribution in [2.24, 2.45) is 7.05 Å². The Morgan fingerprint density at radius 3 is 2.75 bits per heavy atom. The molecule has 1 aromatic heterocycles. The third-order valence-electron chi connectivity index (χ3n) is 2.41. The second-order valence-electron chi connectivity index (χ2n) is 4.02. The molecule has 5 heteroatoms. The number of hydrogen-bond acceptors (Lipinski definition) is 3. The Balaban J connectivity index is 2.66. The average molecular weight is 225 g/mol. The topological polar surface area (TPSA) is 58.4 Å². The van der Waals surface area contributed by atoms with E-state index < -0.39 is 5.97 Å². The summed E-state index contributed by atoms with van der Waals surface area (Å²) in [6.45, 7) is 5.52. The minimum atomic E-state index is -0.782. The zero-order chi connectivity index (χ0) is 12.1. The average Bonchev–Trinajstić information content (AvgIpc) is 2.44. The lowest BCUT2D eigenvalue weighted by Gasteiger charge is -2.18.